The molecule has 1 aliphatic rings. The number of nitrogens with two attached hydrogens (primary N) is 1. The molecule has 0 atom stereocenters. The Hall–Kier alpha value is -3.34. The molecule has 1 fully saturated rings. The zero-order valence-corrected chi connectivity index (χ0v) is 19.9. The number of anilines is 3. The predicted molar refractivity (Wildman–Crippen MR) is 138 cm³/mol. The molecule has 2 aromatic carbocycles. The number of thiazole rings is 1. The van der Waals surface area contributed by atoms with E-state index in [2.05, 4.69) is 25.6 Å². The van der Waals surface area contributed by atoms with Gasteiger partial charge in [-0.05, 0) is 67.9 Å². The van der Waals surface area contributed by atoms with Crippen LogP contribution in [0.25, 0.3) is 22.4 Å². The van der Waals surface area contributed by atoms with Gasteiger partial charge in [-0.3, -0.25) is 0 Å². The maximum absolute atomic E-state index is 12.8. The standard InChI is InChI=1S/C24H24N6O2S2/c25-23-30-21-13-16(3-8-22(21)33-23)1-2-17-14-27-24(28-15-17)29-18-4-6-19(7-5-18)34(31,32)20-9-11-26-12-10-20/h1-8,13-15,20,26H,9-12H2,(H2,25,30)(H,27,28,29)/b2-1+. The minimum absolute atomic E-state index is 0.321. The molecule has 0 unspecified atom stereocenters. The van der Waals surface area contributed by atoms with Crippen LogP contribution in [0.5, 0.6) is 0 Å². The van der Waals surface area contributed by atoms with Crippen LogP contribution in [0.2, 0.25) is 0 Å². The lowest BCUT2D eigenvalue weighted by Crippen LogP contribution is -2.35. The number of hydrogen-bond acceptors (Lipinski definition) is 9. The van der Waals surface area contributed by atoms with Gasteiger partial charge in [-0.25, -0.2) is 23.4 Å². The highest BCUT2D eigenvalue weighted by molar-refractivity contribution is 7.92. The molecule has 10 heteroatoms. The molecule has 0 spiro atoms. The second kappa shape index (κ2) is 9.49. The minimum Gasteiger partial charge on any atom is -0.375 e. The van der Waals surface area contributed by atoms with E-state index in [0.29, 0.717) is 28.8 Å². The molecule has 0 aliphatic carbocycles. The first-order valence-corrected chi connectivity index (χ1v) is 13.3. The van der Waals surface area contributed by atoms with Crippen molar-refractivity contribution in [2.24, 2.45) is 0 Å². The zero-order chi connectivity index (χ0) is 23.5. The van der Waals surface area contributed by atoms with Crippen LogP contribution in [0.15, 0.2) is 59.8 Å². The summed E-state index contributed by atoms with van der Waals surface area (Å²) in [5.41, 5.74) is 9.25. The topological polar surface area (TPSA) is 123 Å². The first-order valence-electron chi connectivity index (χ1n) is 11.0. The fourth-order valence-corrected chi connectivity index (χ4v) is 6.37. The van der Waals surface area contributed by atoms with Crippen LogP contribution >= 0.6 is 11.3 Å². The van der Waals surface area contributed by atoms with Gasteiger partial charge < -0.3 is 16.4 Å². The number of nitrogen functional groups attached to an aromatic ring is 1. The number of rotatable bonds is 6. The number of benzene rings is 2. The van der Waals surface area contributed by atoms with E-state index >= 15 is 0 Å². The van der Waals surface area contributed by atoms with E-state index in [1.165, 1.54) is 11.3 Å². The maximum Gasteiger partial charge on any atom is 0.227 e. The van der Waals surface area contributed by atoms with Gasteiger partial charge in [0.1, 0.15) is 0 Å². The average Bonchev–Trinajstić information content (AvgIpc) is 3.24. The Labute approximate surface area is 201 Å². The minimum atomic E-state index is -3.31. The van der Waals surface area contributed by atoms with Crippen molar-refractivity contribution in [2.45, 2.75) is 23.0 Å². The second-order valence-corrected chi connectivity index (χ2v) is 11.4. The number of aromatic nitrogens is 3. The Bertz CT molecular complexity index is 1420. The van der Waals surface area contributed by atoms with Crippen molar-refractivity contribution in [3.8, 4) is 0 Å². The van der Waals surface area contributed by atoms with E-state index in [9.17, 15) is 8.42 Å². The van der Waals surface area contributed by atoms with Gasteiger partial charge in [0.25, 0.3) is 0 Å². The molecule has 2 aromatic heterocycles. The summed E-state index contributed by atoms with van der Waals surface area (Å²) < 4.78 is 26.7. The van der Waals surface area contributed by atoms with Gasteiger partial charge >= 0.3 is 0 Å². The van der Waals surface area contributed by atoms with Gasteiger partial charge in [0.05, 0.1) is 20.4 Å². The average molecular weight is 493 g/mol. The molecule has 0 bridgehead atoms. The number of nitrogens with one attached hydrogen (secondary N) is 2. The van der Waals surface area contributed by atoms with E-state index in [0.717, 1.165) is 40.1 Å². The molecule has 1 saturated heterocycles. The number of sulfone groups is 1. The van der Waals surface area contributed by atoms with Crippen molar-refractivity contribution >= 4 is 60.3 Å². The van der Waals surface area contributed by atoms with E-state index in [-0.39, 0.29) is 5.25 Å². The first kappa shape index (κ1) is 22.5. The Morgan fingerprint density at radius 3 is 2.44 bits per heavy atom. The van der Waals surface area contributed by atoms with Gasteiger partial charge in [-0.2, -0.15) is 0 Å². The van der Waals surface area contributed by atoms with Crippen molar-refractivity contribution in [2.75, 3.05) is 24.1 Å². The molecule has 1 aliphatic heterocycles. The van der Waals surface area contributed by atoms with Crippen LogP contribution in [0, 0.1) is 0 Å². The summed E-state index contributed by atoms with van der Waals surface area (Å²) in [4.78, 5) is 13.4. The van der Waals surface area contributed by atoms with Gasteiger partial charge in [0.15, 0.2) is 15.0 Å². The molecule has 5 rings (SSSR count). The molecule has 0 saturated carbocycles. The molecule has 0 radical (unpaired) electrons. The molecular weight excluding hydrogens is 468 g/mol. The molecule has 3 heterocycles. The van der Waals surface area contributed by atoms with Gasteiger partial charge in [-0.1, -0.05) is 29.6 Å². The second-order valence-electron chi connectivity index (χ2n) is 8.10. The normalized spacial score (nSPS) is 15.2. The fraction of sp³-hybridized carbons (Fsp3) is 0.208. The predicted octanol–water partition coefficient (Wildman–Crippen LogP) is 4.11. The first-order chi connectivity index (χ1) is 16.5. The SMILES string of the molecule is Nc1nc2cc(/C=C/c3cnc(Nc4ccc(S(=O)(=O)C5CCNCC5)cc4)nc3)ccc2s1. The summed E-state index contributed by atoms with van der Waals surface area (Å²) in [6, 6.07) is 12.8. The van der Waals surface area contributed by atoms with Crippen LogP contribution in [0.4, 0.5) is 16.8 Å². The lowest BCUT2D eigenvalue weighted by molar-refractivity contribution is 0.496. The molecule has 4 aromatic rings. The molecule has 0 amide bonds. The van der Waals surface area contributed by atoms with Crippen molar-refractivity contribution in [3.05, 3.63) is 66.0 Å². The summed E-state index contributed by atoms with van der Waals surface area (Å²) in [5.74, 6) is 0.436. The highest BCUT2D eigenvalue weighted by Crippen LogP contribution is 2.26. The fourth-order valence-electron chi connectivity index (χ4n) is 3.90. The number of piperidine rings is 1. The maximum atomic E-state index is 12.8. The molecule has 8 nitrogen and oxygen atoms in total. The van der Waals surface area contributed by atoms with Crippen molar-refractivity contribution in [1.82, 2.24) is 20.3 Å². The molecule has 34 heavy (non-hydrogen) atoms. The number of fused-ring (bicyclic) bond motifs is 1. The van der Waals surface area contributed by atoms with Crippen LogP contribution in [0.3, 0.4) is 0 Å². The summed E-state index contributed by atoms with van der Waals surface area (Å²) in [7, 11) is -3.31. The van der Waals surface area contributed by atoms with E-state index in [1.807, 2.05) is 30.4 Å². The van der Waals surface area contributed by atoms with Crippen LogP contribution < -0.4 is 16.4 Å². The molecule has 174 valence electrons. The highest BCUT2D eigenvalue weighted by atomic mass is 32.2. The van der Waals surface area contributed by atoms with Crippen LogP contribution in [-0.2, 0) is 9.84 Å². The Morgan fingerprint density at radius 1 is 1.00 bits per heavy atom. The van der Waals surface area contributed by atoms with Gasteiger partial charge in [0, 0.05) is 23.6 Å². The third-order valence-electron chi connectivity index (χ3n) is 5.73. The Morgan fingerprint density at radius 2 is 1.71 bits per heavy atom. The lowest BCUT2D eigenvalue weighted by atomic mass is 10.2. The quantitative estimate of drug-likeness (QED) is 0.367. The van der Waals surface area contributed by atoms with Crippen LogP contribution in [0.1, 0.15) is 24.0 Å². The van der Waals surface area contributed by atoms with Crippen molar-refractivity contribution in [3.63, 3.8) is 0 Å². The third-order valence-corrected chi connectivity index (χ3v) is 8.88. The Kier molecular flexibility index (Phi) is 6.27. The summed E-state index contributed by atoms with van der Waals surface area (Å²) >= 11 is 1.47. The van der Waals surface area contributed by atoms with Crippen molar-refractivity contribution in [1.29, 1.82) is 0 Å². The van der Waals surface area contributed by atoms with Crippen molar-refractivity contribution < 1.29 is 8.42 Å². The van der Waals surface area contributed by atoms with E-state index < -0.39 is 9.84 Å². The molecule has 4 N–H and O–H groups in total. The summed E-state index contributed by atoms with van der Waals surface area (Å²) in [5, 5.41) is 6.56. The van der Waals surface area contributed by atoms with Gasteiger partial charge in [0.2, 0.25) is 5.95 Å². The highest BCUT2D eigenvalue weighted by Gasteiger charge is 2.28. The zero-order valence-electron chi connectivity index (χ0n) is 18.3. The number of hydrogen-bond donors (Lipinski definition) is 3. The number of nitrogens with zero attached hydrogens (tertiary/aromatic N) is 3. The van der Waals surface area contributed by atoms with E-state index in [1.54, 1.807) is 36.7 Å². The van der Waals surface area contributed by atoms with Gasteiger partial charge in [-0.15, -0.1) is 0 Å². The summed E-state index contributed by atoms with van der Waals surface area (Å²) in [6.45, 7) is 1.48. The van der Waals surface area contributed by atoms with E-state index in [4.69, 9.17) is 5.73 Å². The third kappa shape index (κ3) is 4.93. The monoisotopic (exact) mass is 492 g/mol. The van der Waals surface area contributed by atoms with Crippen LogP contribution in [-0.4, -0.2) is 41.7 Å². The summed E-state index contributed by atoms with van der Waals surface area (Å²) in [6.07, 6.45) is 8.64. The lowest BCUT2D eigenvalue weighted by Gasteiger charge is -2.22. The smallest absolute Gasteiger partial charge is 0.227 e. The molecular formula is C24H24N6O2S2. The largest absolute Gasteiger partial charge is 0.375 e. The Balaban J connectivity index is 1.23.